The number of carbonyl (C=O) groups is 2. The number of carbonyl (C=O) groups excluding carboxylic acids is 2. The fourth-order valence-electron chi connectivity index (χ4n) is 2.77. The summed E-state index contributed by atoms with van der Waals surface area (Å²) in [6.45, 7) is 0.154. The van der Waals surface area contributed by atoms with Gasteiger partial charge >= 0.3 is 0 Å². The maximum atomic E-state index is 12.4. The first kappa shape index (κ1) is 18.8. The summed E-state index contributed by atoms with van der Waals surface area (Å²) in [4.78, 5) is 25.3. The third kappa shape index (κ3) is 5.03. The molecule has 27 heavy (non-hydrogen) atoms. The summed E-state index contributed by atoms with van der Waals surface area (Å²) in [5.41, 5.74) is 2.20. The number of nitrogens with one attached hydrogen (secondary N) is 3. The Bertz CT molecular complexity index is 895. The summed E-state index contributed by atoms with van der Waals surface area (Å²) in [5, 5.41) is 10.8. The minimum Gasteiger partial charge on any atom is -0.355 e. The van der Waals surface area contributed by atoms with E-state index < -0.39 is 0 Å². The molecule has 3 N–H and O–H groups in total. The number of hydrogen-bond donors (Lipinski definition) is 3. The molecule has 0 saturated carbocycles. The van der Waals surface area contributed by atoms with E-state index >= 15 is 0 Å². The quantitative estimate of drug-likeness (QED) is 0.589. The Morgan fingerprint density at radius 2 is 1.81 bits per heavy atom. The highest BCUT2D eigenvalue weighted by atomic mass is 32.1. The molecule has 5 nitrogen and oxygen atoms in total. The van der Waals surface area contributed by atoms with Gasteiger partial charge in [-0.1, -0.05) is 42.5 Å². The fourth-order valence-corrected chi connectivity index (χ4v) is 3.59. The van der Waals surface area contributed by atoms with Crippen LogP contribution in [-0.4, -0.2) is 25.4 Å². The Morgan fingerprint density at radius 3 is 2.52 bits per heavy atom. The minimum absolute atomic E-state index is 0.0471. The molecule has 0 radical (unpaired) electrons. The molecule has 1 atom stereocenters. The van der Waals surface area contributed by atoms with Gasteiger partial charge in [0.2, 0.25) is 5.91 Å². The molecule has 0 spiro atoms. The highest BCUT2D eigenvalue weighted by molar-refractivity contribution is 7.10. The van der Waals surface area contributed by atoms with Crippen molar-refractivity contribution in [2.75, 3.05) is 18.9 Å². The predicted molar refractivity (Wildman–Crippen MR) is 109 cm³/mol. The minimum atomic E-state index is -0.189. The standard InChI is InChI=1S/C21H21N3O2S/c1-22-21(26)16-9-5-10-17(13-16)24-19(25)14-23-20(18-11-6-12-27-18)15-7-3-2-4-8-15/h2-13,20,23H,14H2,1H3,(H,22,26)(H,24,25)/t20-/m1/s1. The van der Waals surface area contributed by atoms with Crippen LogP contribution in [0.25, 0.3) is 0 Å². The summed E-state index contributed by atoms with van der Waals surface area (Å²) in [6.07, 6.45) is 0. The van der Waals surface area contributed by atoms with Gasteiger partial charge in [-0.3, -0.25) is 14.9 Å². The van der Waals surface area contributed by atoms with Gasteiger partial charge in [-0.25, -0.2) is 0 Å². The summed E-state index contributed by atoms with van der Waals surface area (Å²) in [6, 6.07) is 20.9. The second-order valence-corrected chi connectivity index (χ2v) is 6.93. The lowest BCUT2D eigenvalue weighted by molar-refractivity contribution is -0.115. The number of thiophene rings is 1. The topological polar surface area (TPSA) is 70.2 Å². The van der Waals surface area contributed by atoms with Crippen LogP contribution >= 0.6 is 11.3 Å². The van der Waals surface area contributed by atoms with Crippen molar-refractivity contribution in [2.45, 2.75) is 6.04 Å². The molecule has 0 aliphatic carbocycles. The van der Waals surface area contributed by atoms with E-state index in [9.17, 15) is 9.59 Å². The molecule has 3 aromatic rings. The van der Waals surface area contributed by atoms with Crippen molar-refractivity contribution in [2.24, 2.45) is 0 Å². The lowest BCUT2D eigenvalue weighted by Crippen LogP contribution is -2.31. The van der Waals surface area contributed by atoms with Gasteiger partial charge in [-0.15, -0.1) is 11.3 Å². The molecule has 6 heteroatoms. The average Bonchev–Trinajstić information content (AvgIpc) is 3.23. The van der Waals surface area contributed by atoms with Gasteiger partial charge in [0.15, 0.2) is 0 Å². The van der Waals surface area contributed by atoms with Crippen molar-refractivity contribution in [1.29, 1.82) is 0 Å². The number of hydrogen-bond acceptors (Lipinski definition) is 4. The van der Waals surface area contributed by atoms with Crippen molar-refractivity contribution in [3.63, 3.8) is 0 Å². The van der Waals surface area contributed by atoms with Crippen molar-refractivity contribution >= 4 is 28.8 Å². The van der Waals surface area contributed by atoms with Gasteiger partial charge in [-0.05, 0) is 35.2 Å². The summed E-state index contributed by atoms with van der Waals surface area (Å²) >= 11 is 1.65. The Hall–Kier alpha value is -2.96. The number of amides is 2. The lowest BCUT2D eigenvalue weighted by atomic mass is 10.1. The molecule has 138 valence electrons. The van der Waals surface area contributed by atoms with E-state index in [0.29, 0.717) is 11.3 Å². The van der Waals surface area contributed by atoms with Crippen LogP contribution < -0.4 is 16.0 Å². The highest BCUT2D eigenvalue weighted by Gasteiger charge is 2.16. The van der Waals surface area contributed by atoms with Crippen LogP contribution in [0, 0.1) is 0 Å². The summed E-state index contributed by atoms with van der Waals surface area (Å²) in [5.74, 6) is -0.354. The third-order valence-corrected chi connectivity index (χ3v) is 5.00. The molecule has 2 aromatic carbocycles. The summed E-state index contributed by atoms with van der Waals surface area (Å²) in [7, 11) is 1.58. The fraction of sp³-hybridized carbons (Fsp3) is 0.143. The van der Waals surface area contributed by atoms with Crippen LogP contribution in [0.2, 0.25) is 0 Å². The van der Waals surface area contributed by atoms with Gasteiger partial charge in [0.05, 0.1) is 12.6 Å². The lowest BCUT2D eigenvalue weighted by Gasteiger charge is -2.18. The maximum absolute atomic E-state index is 12.4. The van der Waals surface area contributed by atoms with Crippen molar-refractivity contribution in [3.05, 3.63) is 88.1 Å². The molecular formula is C21H21N3O2S. The molecule has 0 fully saturated rings. The van der Waals surface area contributed by atoms with Gasteiger partial charge in [-0.2, -0.15) is 0 Å². The van der Waals surface area contributed by atoms with Crippen LogP contribution in [0.5, 0.6) is 0 Å². The molecule has 3 rings (SSSR count). The van der Waals surface area contributed by atoms with Gasteiger partial charge in [0.25, 0.3) is 5.91 Å². The van der Waals surface area contributed by atoms with Crippen molar-refractivity contribution < 1.29 is 9.59 Å². The van der Waals surface area contributed by atoms with Crippen molar-refractivity contribution in [1.82, 2.24) is 10.6 Å². The van der Waals surface area contributed by atoms with E-state index in [4.69, 9.17) is 0 Å². The first-order valence-corrected chi connectivity index (χ1v) is 9.49. The molecule has 1 aromatic heterocycles. The number of anilines is 1. The Kier molecular flexibility index (Phi) is 6.35. The molecule has 0 saturated heterocycles. The number of benzene rings is 2. The van der Waals surface area contributed by atoms with E-state index in [1.165, 1.54) is 0 Å². The van der Waals surface area contributed by atoms with E-state index in [1.807, 2.05) is 41.8 Å². The Balaban J connectivity index is 1.66. The average molecular weight is 379 g/mol. The Morgan fingerprint density at radius 1 is 1.00 bits per heavy atom. The van der Waals surface area contributed by atoms with Crippen LogP contribution in [0.3, 0.4) is 0 Å². The molecule has 0 aliphatic rings. The number of rotatable bonds is 7. The van der Waals surface area contributed by atoms with Crippen molar-refractivity contribution in [3.8, 4) is 0 Å². The van der Waals surface area contributed by atoms with E-state index in [-0.39, 0.29) is 24.4 Å². The maximum Gasteiger partial charge on any atom is 0.251 e. The van der Waals surface area contributed by atoms with Crippen LogP contribution in [0.15, 0.2) is 72.1 Å². The van der Waals surface area contributed by atoms with Crippen LogP contribution in [-0.2, 0) is 4.79 Å². The van der Waals surface area contributed by atoms with E-state index in [0.717, 1.165) is 10.4 Å². The van der Waals surface area contributed by atoms with Crippen LogP contribution in [0.4, 0.5) is 5.69 Å². The first-order valence-electron chi connectivity index (χ1n) is 8.61. The molecule has 2 amide bonds. The largest absolute Gasteiger partial charge is 0.355 e. The van der Waals surface area contributed by atoms with Gasteiger partial charge < -0.3 is 10.6 Å². The third-order valence-electron chi connectivity index (χ3n) is 4.06. The van der Waals surface area contributed by atoms with Gasteiger partial charge in [0, 0.05) is 23.2 Å². The molecule has 0 bridgehead atoms. The zero-order valence-electron chi connectivity index (χ0n) is 14.9. The highest BCUT2D eigenvalue weighted by Crippen LogP contribution is 2.25. The van der Waals surface area contributed by atoms with E-state index in [2.05, 4.69) is 22.0 Å². The molecule has 0 unspecified atom stereocenters. The monoisotopic (exact) mass is 379 g/mol. The first-order chi connectivity index (χ1) is 13.2. The normalized spacial score (nSPS) is 11.6. The second kappa shape index (κ2) is 9.12. The second-order valence-electron chi connectivity index (χ2n) is 5.95. The SMILES string of the molecule is CNC(=O)c1cccc(NC(=O)CN[C@H](c2ccccc2)c2cccs2)c1. The summed E-state index contributed by atoms with van der Waals surface area (Å²) < 4.78 is 0. The predicted octanol–water partition coefficient (Wildman–Crippen LogP) is 3.43. The smallest absolute Gasteiger partial charge is 0.251 e. The van der Waals surface area contributed by atoms with Crippen LogP contribution in [0.1, 0.15) is 26.8 Å². The zero-order valence-corrected chi connectivity index (χ0v) is 15.8. The van der Waals surface area contributed by atoms with E-state index in [1.54, 1.807) is 42.6 Å². The van der Waals surface area contributed by atoms with Gasteiger partial charge in [0.1, 0.15) is 0 Å². The zero-order chi connectivity index (χ0) is 19.1. The molecule has 1 heterocycles. The molecule has 0 aliphatic heterocycles. The molecular weight excluding hydrogens is 358 g/mol. The Labute approximate surface area is 162 Å².